The third-order valence-electron chi connectivity index (χ3n) is 2.73. The molecule has 5 heteroatoms. The minimum atomic E-state index is -0.0974. The predicted octanol–water partition coefficient (Wildman–Crippen LogP) is 2.29. The van der Waals surface area contributed by atoms with Gasteiger partial charge in [0.15, 0.2) is 11.5 Å². The summed E-state index contributed by atoms with van der Waals surface area (Å²) >= 11 is 6.06. The van der Waals surface area contributed by atoms with Crippen molar-refractivity contribution in [2.75, 3.05) is 18.6 Å². The second-order valence-corrected chi connectivity index (χ2v) is 4.32. The molecule has 0 saturated carbocycles. The first-order chi connectivity index (χ1) is 8.00. The highest BCUT2D eigenvalue weighted by Crippen LogP contribution is 2.38. The van der Waals surface area contributed by atoms with E-state index in [1.807, 2.05) is 0 Å². The minimum Gasteiger partial charge on any atom is -0.489 e. The Morgan fingerprint density at radius 1 is 1.47 bits per heavy atom. The van der Waals surface area contributed by atoms with Gasteiger partial charge in [0.1, 0.15) is 0 Å². The van der Waals surface area contributed by atoms with Crippen molar-refractivity contribution in [2.24, 2.45) is 0 Å². The summed E-state index contributed by atoms with van der Waals surface area (Å²) in [7, 11) is 1.65. The zero-order valence-electron chi connectivity index (χ0n) is 9.62. The lowest BCUT2D eigenvalue weighted by molar-refractivity contribution is -0.118. The highest BCUT2D eigenvalue weighted by Gasteiger charge is 2.23. The molecule has 0 atom stereocenters. The van der Waals surface area contributed by atoms with Gasteiger partial charge >= 0.3 is 0 Å². The molecule has 1 amide bonds. The van der Waals surface area contributed by atoms with Crippen LogP contribution in [0.4, 0.5) is 5.69 Å². The molecule has 0 unspecified atom stereocenters. The molecule has 4 nitrogen and oxygen atoms in total. The lowest BCUT2D eigenvalue weighted by Crippen LogP contribution is -2.25. The van der Waals surface area contributed by atoms with Gasteiger partial charge in [-0.3, -0.25) is 9.59 Å². The van der Waals surface area contributed by atoms with Crippen molar-refractivity contribution in [3.8, 4) is 5.75 Å². The van der Waals surface area contributed by atoms with Crippen LogP contribution in [-0.4, -0.2) is 25.3 Å². The van der Waals surface area contributed by atoms with Crippen LogP contribution in [0.5, 0.6) is 5.75 Å². The first-order valence-corrected chi connectivity index (χ1v) is 5.62. The Morgan fingerprint density at radius 3 is 2.82 bits per heavy atom. The van der Waals surface area contributed by atoms with E-state index in [1.54, 1.807) is 19.2 Å². The van der Waals surface area contributed by atoms with Gasteiger partial charge in [-0.2, -0.15) is 0 Å². The number of ketones is 1. The molecule has 0 spiro atoms. The van der Waals surface area contributed by atoms with E-state index in [9.17, 15) is 9.59 Å². The summed E-state index contributed by atoms with van der Waals surface area (Å²) in [6, 6.07) is 3.19. The number of benzene rings is 1. The Labute approximate surface area is 104 Å². The van der Waals surface area contributed by atoms with Gasteiger partial charge in [-0.05, 0) is 19.1 Å². The van der Waals surface area contributed by atoms with Crippen molar-refractivity contribution in [1.29, 1.82) is 0 Å². The van der Waals surface area contributed by atoms with Crippen LogP contribution in [0.1, 0.15) is 23.7 Å². The number of Topliss-reactive ketones (excluding diaryl/α,β-unsaturated/α-hetero) is 1. The molecule has 2 rings (SSSR count). The summed E-state index contributed by atoms with van der Waals surface area (Å²) in [5.41, 5.74) is 1.02. The summed E-state index contributed by atoms with van der Waals surface area (Å²) < 4.78 is 5.45. The molecule has 1 heterocycles. The number of hydrogen-bond acceptors (Lipinski definition) is 3. The summed E-state index contributed by atoms with van der Waals surface area (Å²) in [4.78, 5) is 24.5. The van der Waals surface area contributed by atoms with Crippen LogP contribution in [0.2, 0.25) is 5.02 Å². The quantitative estimate of drug-likeness (QED) is 0.722. The second kappa shape index (κ2) is 4.37. The molecular weight excluding hydrogens is 242 g/mol. The molecule has 0 radical (unpaired) electrons. The number of rotatable bonds is 1. The largest absolute Gasteiger partial charge is 0.489 e. The van der Waals surface area contributed by atoms with E-state index in [2.05, 4.69) is 0 Å². The lowest BCUT2D eigenvalue weighted by Gasteiger charge is -2.17. The maximum atomic E-state index is 11.7. The van der Waals surface area contributed by atoms with Crippen molar-refractivity contribution in [3.05, 3.63) is 22.7 Å². The third kappa shape index (κ3) is 2.13. The first kappa shape index (κ1) is 11.9. The number of amides is 1. The zero-order valence-corrected chi connectivity index (χ0v) is 10.4. The van der Waals surface area contributed by atoms with E-state index >= 15 is 0 Å². The van der Waals surface area contributed by atoms with Gasteiger partial charge in [-0.1, -0.05) is 11.6 Å². The Balaban J connectivity index is 2.60. The summed E-state index contributed by atoms with van der Waals surface area (Å²) in [5, 5.41) is 0.356. The number of ether oxygens (including phenoxy) is 1. The lowest BCUT2D eigenvalue weighted by atomic mass is 10.1. The standard InChI is InChI=1S/C12H12ClNO3/c1-7(15)8-5-9(13)12-10(6-8)14(2)11(16)3-4-17-12/h5-6H,3-4H2,1-2H3. The van der Waals surface area contributed by atoms with E-state index < -0.39 is 0 Å². The topological polar surface area (TPSA) is 46.6 Å². The van der Waals surface area contributed by atoms with Crippen LogP contribution in [0.25, 0.3) is 0 Å². The van der Waals surface area contributed by atoms with Gasteiger partial charge in [0.2, 0.25) is 5.91 Å². The van der Waals surface area contributed by atoms with Crippen LogP contribution in [-0.2, 0) is 4.79 Å². The van der Waals surface area contributed by atoms with Gasteiger partial charge in [0.05, 0.1) is 23.7 Å². The minimum absolute atomic E-state index is 0.0551. The maximum absolute atomic E-state index is 11.7. The molecule has 17 heavy (non-hydrogen) atoms. The molecule has 0 aliphatic carbocycles. The van der Waals surface area contributed by atoms with Gasteiger partial charge in [-0.15, -0.1) is 0 Å². The fraction of sp³-hybridized carbons (Fsp3) is 0.333. The highest BCUT2D eigenvalue weighted by molar-refractivity contribution is 6.33. The van der Waals surface area contributed by atoms with Gasteiger partial charge in [-0.25, -0.2) is 0 Å². The maximum Gasteiger partial charge on any atom is 0.230 e. The first-order valence-electron chi connectivity index (χ1n) is 5.24. The average Bonchev–Trinajstić information content (AvgIpc) is 2.41. The van der Waals surface area contributed by atoms with Crippen molar-refractivity contribution < 1.29 is 14.3 Å². The molecular formula is C12H12ClNO3. The normalized spacial score (nSPS) is 15.0. The van der Waals surface area contributed by atoms with Gasteiger partial charge in [0, 0.05) is 12.6 Å². The molecule has 0 aromatic heterocycles. The number of carbonyl (C=O) groups excluding carboxylic acids is 2. The number of nitrogens with zero attached hydrogens (tertiary/aromatic N) is 1. The van der Waals surface area contributed by atoms with Crippen LogP contribution < -0.4 is 9.64 Å². The number of fused-ring (bicyclic) bond motifs is 1. The molecule has 1 aliphatic rings. The van der Waals surface area contributed by atoms with Gasteiger partial charge < -0.3 is 9.64 Å². The smallest absolute Gasteiger partial charge is 0.230 e. The van der Waals surface area contributed by atoms with Crippen molar-refractivity contribution >= 4 is 29.0 Å². The second-order valence-electron chi connectivity index (χ2n) is 3.91. The van der Waals surface area contributed by atoms with Crippen LogP contribution in [0.3, 0.4) is 0 Å². The monoisotopic (exact) mass is 253 g/mol. The van der Waals surface area contributed by atoms with E-state index in [4.69, 9.17) is 16.3 Å². The summed E-state index contributed by atoms with van der Waals surface area (Å²) in [5.74, 6) is 0.310. The van der Waals surface area contributed by atoms with Crippen molar-refractivity contribution in [3.63, 3.8) is 0 Å². The predicted molar refractivity (Wildman–Crippen MR) is 65.0 cm³/mol. The van der Waals surface area contributed by atoms with Crippen molar-refractivity contribution in [1.82, 2.24) is 0 Å². The molecule has 0 saturated heterocycles. The molecule has 0 N–H and O–H groups in total. The molecule has 90 valence electrons. The SMILES string of the molecule is CC(=O)c1cc(Cl)c2c(c1)N(C)C(=O)CCO2. The van der Waals surface area contributed by atoms with E-state index in [-0.39, 0.29) is 11.7 Å². The highest BCUT2D eigenvalue weighted by atomic mass is 35.5. The molecule has 1 aromatic carbocycles. The summed E-state index contributed by atoms with van der Waals surface area (Å²) in [6.45, 7) is 1.76. The summed E-state index contributed by atoms with van der Waals surface area (Å²) in [6.07, 6.45) is 0.302. The van der Waals surface area contributed by atoms with Crippen LogP contribution >= 0.6 is 11.6 Å². The molecule has 0 fully saturated rings. The zero-order chi connectivity index (χ0) is 12.6. The Hall–Kier alpha value is -1.55. The number of hydrogen-bond donors (Lipinski definition) is 0. The Bertz CT molecular complexity index is 499. The molecule has 1 aliphatic heterocycles. The van der Waals surface area contributed by atoms with Crippen LogP contribution in [0.15, 0.2) is 12.1 Å². The van der Waals surface area contributed by atoms with Crippen LogP contribution in [0, 0.1) is 0 Å². The number of anilines is 1. The molecule has 0 bridgehead atoms. The number of carbonyl (C=O) groups is 2. The van der Waals surface area contributed by atoms with Gasteiger partial charge in [0.25, 0.3) is 0 Å². The van der Waals surface area contributed by atoms with E-state index in [0.717, 1.165) is 0 Å². The average molecular weight is 254 g/mol. The fourth-order valence-electron chi connectivity index (χ4n) is 1.72. The molecule has 1 aromatic rings. The van der Waals surface area contributed by atoms with E-state index in [1.165, 1.54) is 11.8 Å². The van der Waals surface area contributed by atoms with E-state index in [0.29, 0.717) is 35.1 Å². The Kier molecular flexibility index (Phi) is 3.07. The van der Waals surface area contributed by atoms with Crippen molar-refractivity contribution in [2.45, 2.75) is 13.3 Å². The Morgan fingerprint density at radius 2 is 2.18 bits per heavy atom. The number of halogens is 1. The third-order valence-corrected chi connectivity index (χ3v) is 3.01. The fourth-order valence-corrected chi connectivity index (χ4v) is 1.99.